The van der Waals surface area contributed by atoms with E-state index in [1.807, 2.05) is 0 Å². The van der Waals surface area contributed by atoms with Crippen LogP contribution in [-0.2, 0) is 9.84 Å². The van der Waals surface area contributed by atoms with Gasteiger partial charge in [0.05, 0.1) is 0 Å². The Hall–Kier alpha value is -0.390. The Morgan fingerprint density at radius 3 is 2.82 bits per heavy atom. The van der Waals surface area contributed by atoms with Gasteiger partial charge in [-0.2, -0.15) is 0 Å². The lowest BCUT2D eigenvalue weighted by Crippen LogP contribution is -2.18. The summed E-state index contributed by atoms with van der Waals surface area (Å²) in [5.41, 5.74) is 0. The molecule has 1 heterocycles. The van der Waals surface area contributed by atoms with Gasteiger partial charge in [-0.3, -0.25) is 0 Å². The summed E-state index contributed by atoms with van der Waals surface area (Å²) < 4.78 is 22.9. The van der Waals surface area contributed by atoms with Crippen LogP contribution < -0.4 is 5.32 Å². The Morgan fingerprint density at radius 2 is 2.36 bits per heavy atom. The van der Waals surface area contributed by atoms with E-state index in [2.05, 4.69) is 5.32 Å². The highest BCUT2D eigenvalue weighted by Gasteiger charge is 2.12. The minimum Gasteiger partial charge on any atom is -0.306 e. The molecule has 3 nitrogen and oxygen atoms in total. The third kappa shape index (κ3) is 2.02. The minimum absolute atomic E-state index is 0.00745. The van der Waals surface area contributed by atoms with Crippen molar-refractivity contribution in [1.82, 2.24) is 5.32 Å². The van der Waals surface area contributed by atoms with Gasteiger partial charge in [0.25, 0.3) is 0 Å². The molecule has 0 spiro atoms. The molecule has 62 valence electrons. The second-order valence-corrected chi connectivity index (χ2v) is 5.21. The molecule has 0 radical (unpaired) electrons. The smallest absolute Gasteiger partial charge is 0.200 e. The van der Waals surface area contributed by atoms with Crippen molar-refractivity contribution in [2.75, 3.05) is 12.9 Å². The van der Waals surface area contributed by atoms with Crippen LogP contribution in [0.5, 0.6) is 0 Å². The molecular weight excluding hydrogens is 182 g/mol. The van der Waals surface area contributed by atoms with E-state index < -0.39 is 9.84 Å². The van der Waals surface area contributed by atoms with Crippen LogP contribution in [0.1, 0.15) is 0 Å². The number of sulfone groups is 1. The molecule has 0 saturated heterocycles. The summed E-state index contributed by atoms with van der Waals surface area (Å²) in [5, 5.41) is 4.37. The first kappa shape index (κ1) is 8.70. The zero-order valence-electron chi connectivity index (χ0n) is 6.07. The number of hydrogen-bond donors (Lipinski definition) is 1. The molecule has 0 unspecified atom stereocenters. The van der Waals surface area contributed by atoms with Crippen LogP contribution in [0.3, 0.4) is 0 Å². The highest BCUT2D eigenvalue weighted by atomic mass is 32.2. The summed E-state index contributed by atoms with van der Waals surface area (Å²) in [7, 11) is -1.44. The van der Waals surface area contributed by atoms with Crippen LogP contribution in [0.4, 0.5) is 0 Å². The molecule has 1 rings (SSSR count). The fourth-order valence-electron chi connectivity index (χ4n) is 0.702. The second kappa shape index (κ2) is 3.34. The van der Waals surface area contributed by atoms with E-state index in [4.69, 9.17) is 0 Å². The maximum absolute atomic E-state index is 11.2. The first-order valence-corrected chi connectivity index (χ1v) is 5.61. The molecule has 0 fully saturated rings. The Kier molecular flexibility index (Phi) is 2.64. The Balaban J connectivity index is 2.92. The van der Waals surface area contributed by atoms with Crippen LogP contribution in [-0.4, -0.2) is 21.3 Å². The van der Waals surface area contributed by atoms with Crippen LogP contribution in [0.2, 0.25) is 0 Å². The van der Waals surface area contributed by atoms with Gasteiger partial charge in [-0.25, -0.2) is 8.42 Å². The van der Waals surface area contributed by atoms with Crippen molar-refractivity contribution in [3.63, 3.8) is 0 Å². The highest BCUT2D eigenvalue weighted by Crippen LogP contribution is 2.16. The largest absolute Gasteiger partial charge is 0.306 e. The molecule has 0 aliphatic heterocycles. The Labute approximate surface area is 70.0 Å². The molecule has 1 aromatic rings. The van der Waals surface area contributed by atoms with Gasteiger partial charge < -0.3 is 5.32 Å². The minimum atomic E-state index is -3.06. The van der Waals surface area contributed by atoms with Gasteiger partial charge in [-0.05, 0) is 18.5 Å². The van der Waals surface area contributed by atoms with E-state index in [0.717, 1.165) is 0 Å². The molecular formula is C6H9NO2S2. The van der Waals surface area contributed by atoms with Crippen molar-refractivity contribution in [3.05, 3.63) is 17.5 Å². The van der Waals surface area contributed by atoms with Crippen molar-refractivity contribution >= 4 is 21.2 Å². The predicted octanol–water partition coefficient (Wildman–Crippen LogP) is 0.699. The molecule has 0 saturated carbocycles. The average Bonchev–Trinajstić information content (AvgIpc) is 2.37. The summed E-state index contributed by atoms with van der Waals surface area (Å²) >= 11 is 1.24. The Bertz CT molecular complexity index is 301. The van der Waals surface area contributed by atoms with Crippen LogP contribution >= 0.6 is 11.3 Å². The number of nitrogens with one attached hydrogen (secondary N) is 1. The molecule has 5 heteroatoms. The fraction of sp³-hybridized carbons (Fsp3) is 0.333. The van der Waals surface area contributed by atoms with Gasteiger partial charge in [0.2, 0.25) is 9.84 Å². The molecule has 0 bridgehead atoms. The lowest BCUT2D eigenvalue weighted by molar-refractivity contribution is 0.593. The van der Waals surface area contributed by atoms with Gasteiger partial charge in [-0.1, -0.05) is 6.07 Å². The molecule has 0 aliphatic rings. The maximum Gasteiger partial charge on any atom is 0.200 e. The molecule has 0 amide bonds. The SMILES string of the molecule is CNCS(=O)(=O)c1cccs1. The van der Waals surface area contributed by atoms with Gasteiger partial charge in [0.1, 0.15) is 10.1 Å². The van der Waals surface area contributed by atoms with E-state index in [0.29, 0.717) is 4.21 Å². The molecule has 0 aromatic carbocycles. The number of hydrogen-bond acceptors (Lipinski definition) is 4. The first-order valence-electron chi connectivity index (χ1n) is 3.07. The lowest BCUT2D eigenvalue weighted by atomic mass is 10.7. The van der Waals surface area contributed by atoms with E-state index in [1.54, 1.807) is 24.6 Å². The zero-order chi connectivity index (χ0) is 8.32. The standard InChI is InChI=1S/C6H9NO2S2/c1-7-5-11(8,9)6-3-2-4-10-6/h2-4,7H,5H2,1H3. The van der Waals surface area contributed by atoms with Crippen LogP contribution in [0, 0.1) is 0 Å². The predicted molar refractivity (Wildman–Crippen MR) is 45.4 cm³/mol. The van der Waals surface area contributed by atoms with Crippen molar-refractivity contribution in [3.8, 4) is 0 Å². The van der Waals surface area contributed by atoms with Crippen molar-refractivity contribution in [1.29, 1.82) is 0 Å². The van der Waals surface area contributed by atoms with Gasteiger partial charge in [0.15, 0.2) is 0 Å². The van der Waals surface area contributed by atoms with E-state index >= 15 is 0 Å². The van der Waals surface area contributed by atoms with Gasteiger partial charge >= 0.3 is 0 Å². The summed E-state index contributed by atoms with van der Waals surface area (Å²) in [6.45, 7) is 0. The zero-order valence-corrected chi connectivity index (χ0v) is 7.71. The summed E-state index contributed by atoms with van der Waals surface area (Å²) in [6.07, 6.45) is 0. The average molecular weight is 191 g/mol. The van der Waals surface area contributed by atoms with E-state index in [9.17, 15) is 8.42 Å². The maximum atomic E-state index is 11.2. The first-order chi connectivity index (χ1) is 5.17. The van der Waals surface area contributed by atoms with Gasteiger partial charge in [0, 0.05) is 0 Å². The Morgan fingerprint density at radius 1 is 1.64 bits per heavy atom. The molecule has 11 heavy (non-hydrogen) atoms. The highest BCUT2D eigenvalue weighted by molar-refractivity contribution is 7.93. The van der Waals surface area contributed by atoms with Crippen molar-refractivity contribution < 1.29 is 8.42 Å². The fourth-order valence-corrected chi connectivity index (χ4v) is 2.89. The number of thiophene rings is 1. The topological polar surface area (TPSA) is 46.2 Å². The van der Waals surface area contributed by atoms with Crippen LogP contribution in [0.25, 0.3) is 0 Å². The second-order valence-electron chi connectivity index (χ2n) is 2.04. The third-order valence-electron chi connectivity index (χ3n) is 1.14. The molecule has 0 atom stereocenters. The normalized spacial score (nSPS) is 11.7. The summed E-state index contributed by atoms with van der Waals surface area (Å²) in [4.78, 5) is 0. The van der Waals surface area contributed by atoms with E-state index in [1.165, 1.54) is 11.3 Å². The number of rotatable bonds is 3. The van der Waals surface area contributed by atoms with Crippen molar-refractivity contribution in [2.45, 2.75) is 4.21 Å². The summed E-state index contributed by atoms with van der Waals surface area (Å²) in [6, 6.07) is 3.34. The molecule has 0 aliphatic carbocycles. The quantitative estimate of drug-likeness (QED) is 0.765. The monoisotopic (exact) mass is 191 g/mol. The lowest BCUT2D eigenvalue weighted by Gasteiger charge is -1.97. The molecule has 1 aromatic heterocycles. The van der Waals surface area contributed by atoms with E-state index in [-0.39, 0.29) is 5.88 Å². The summed E-state index contributed by atoms with van der Waals surface area (Å²) in [5.74, 6) is 0.00745. The third-order valence-corrected chi connectivity index (χ3v) is 4.27. The van der Waals surface area contributed by atoms with Gasteiger partial charge in [-0.15, -0.1) is 11.3 Å². The van der Waals surface area contributed by atoms with Crippen LogP contribution in [0.15, 0.2) is 21.7 Å². The van der Waals surface area contributed by atoms with Crippen molar-refractivity contribution in [2.24, 2.45) is 0 Å². The molecule has 1 N–H and O–H groups in total.